The maximum absolute atomic E-state index is 14.1. The predicted octanol–water partition coefficient (Wildman–Crippen LogP) is 6.13. The number of amides is 1. The molecule has 38 heavy (non-hydrogen) atoms. The summed E-state index contributed by atoms with van der Waals surface area (Å²) in [6.07, 6.45) is 0.331. The summed E-state index contributed by atoms with van der Waals surface area (Å²) in [6, 6.07) is 4.02. The van der Waals surface area contributed by atoms with E-state index in [1.807, 2.05) is 6.07 Å². The van der Waals surface area contributed by atoms with Crippen LogP contribution in [0.1, 0.15) is 46.8 Å². The first-order valence-electron chi connectivity index (χ1n) is 11.2. The van der Waals surface area contributed by atoms with Gasteiger partial charge >= 0.3 is 6.09 Å². The van der Waals surface area contributed by atoms with Gasteiger partial charge in [0.2, 0.25) is 5.82 Å². The molecule has 1 unspecified atom stereocenters. The lowest BCUT2D eigenvalue weighted by Gasteiger charge is -2.16. The molecule has 0 saturated heterocycles. The summed E-state index contributed by atoms with van der Waals surface area (Å²) in [4.78, 5) is 14.3. The molecule has 1 aromatic carbocycles. The van der Waals surface area contributed by atoms with Crippen molar-refractivity contribution in [3.8, 4) is 11.8 Å². The molecule has 1 aliphatic carbocycles. The number of rotatable bonds is 5. The highest BCUT2D eigenvalue weighted by Crippen LogP contribution is 2.52. The summed E-state index contributed by atoms with van der Waals surface area (Å²) in [7, 11) is 1.51. The summed E-state index contributed by atoms with van der Waals surface area (Å²) < 4.78 is 76.7. The Morgan fingerprint density at radius 3 is 2.34 bits per heavy atom. The Morgan fingerprint density at radius 2 is 1.74 bits per heavy atom. The van der Waals surface area contributed by atoms with Gasteiger partial charge in [-0.05, 0) is 31.9 Å². The minimum atomic E-state index is -2.30. The van der Waals surface area contributed by atoms with Crippen molar-refractivity contribution in [2.75, 3.05) is 11.9 Å². The van der Waals surface area contributed by atoms with Gasteiger partial charge in [0, 0.05) is 26.7 Å². The van der Waals surface area contributed by atoms with Crippen LogP contribution >= 0.6 is 22.7 Å². The number of aliphatic hydroxyl groups excluding tert-OH is 1. The summed E-state index contributed by atoms with van der Waals surface area (Å²) in [5, 5.41) is 16.0. The molecule has 4 aromatic rings. The number of thiophene rings is 2. The standard InChI is InChI=1S/C25H18F5N3O3S2/c1-11(17-18(26)20(28)22(30)21(29)19(17)27)36-24(35)32-23-12(9-31-33(23)2)3-4-13-7-14-15(37-13)8-16(38-14)25(10-34)5-6-25/h7-9,11,34H,5-6,10H2,1-2H3,(H,32,35). The maximum atomic E-state index is 14.1. The number of anilines is 1. The number of nitrogens with zero attached hydrogens (tertiary/aromatic N) is 2. The van der Waals surface area contributed by atoms with E-state index in [4.69, 9.17) is 4.74 Å². The minimum absolute atomic E-state index is 0.103. The fourth-order valence-electron chi connectivity index (χ4n) is 3.92. The zero-order valence-electron chi connectivity index (χ0n) is 19.8. The molecule has 6 nitrogen and oxygen atoms in total. The largest absolute Gasteiger partial charge is 0.441 e. The molecule has 3 aromatic heterocycles. The fourth-order valence-corrected chi connectivity index (χ4v) is 6.41. The fraction of sp³-hybridized carbons (Fsp3) is 0.280. The molecule has 13 heteroatoms. The van der Waals surface area contributed by atoms with Gasteiger partial charge in [-0.25, -0.2) is 26.7 Å². The second-order valence-electron chi connectivity index (χ2n) is 8.82. The van der Waals surface area contributed by atoms with Crippen LogP contribution in [0.5, 0.6) is 0 Å². The Bertz CT molecular complexity index is 1580. The molecule has 1 aliphatic rings. The van der Waals surface area contributed by atoms with Crippen molar-refractivity contribution in [3.63, 3.8) is 0 Å². The predicted molar refractivity (Wildman–Crippen MR) is 132 cm³/mol. The van der Waals surface area contributed by atoms with Gasteiger partial charge in [-0.15, -0.1) is 22.7 Å². The van der Waals surface area contributed by atoms with Crippen molar-refractivity contribution in [1.29, 1.82) is 0 Å². The van der Waals surface area contributed by atoms with Gasteiger partial charge in [-0.1, -0.05) is 11.8 Å². The molecular weight excluding hydrogens is 549 g/mol. The van der Waals surface area contributed by atoms with Crippen LogP contribution in [0.4, 0.5) is 32.6 Å². The van der Waals surface area contributed by atoms with Crippen LogP contribution < -0.4 is 5.32 Å². The van der Waals surface area contributed by atoms with E-state index >= 15 is 0 Å². The van der Waals surface area contributed by atoms with Crippen LogP contribution in [-0.2, 0) is 17.2 Å². The van der Waals surface area contributed by atoms with Crippen molar-refractivity contribution in [3.05, 3.63) is 68.3 Å². The number of nitrogens with one attached hydrogen (secondary N) is 1. The van der Waals surface area contributed by atoms with E-state index in [1.165, 1.54) is 29.3 Å². The monoisotopic (exact) mass is 567 g/mol. The normalized spacial score (nSPS) is 14.7. The molecule has 1 atom stereocenters. The summed E-state index contributed by atoms with van der Waals surface area (Å²) in [6.45, 7) is 1.11. The highest BCUT2D eigenvalue weighted by atomic mass is 32.1. The zero-order valence-corrected chi connectivity index (χ0v) is 21.4. The second kappa shape index (κ2) is 9.68. The highest BCUT2D eigenvalue weighted by Gasteiger charge is 2.45. The number of ether oxygens (including phenoxy) is 1. The molecule has 5 rings (SSSR count). The van der Waals surface area contributed by atoms with Gasteiger partial charge in [0.05, 0.1) is 28.8 Å². The number of aryl methyl sites for hydroxylation is 1. The maximum Gasteiger partial charge on any atom is 0.413 e. The molecule has 0 bridgehead atoms. The molecule has 198 valence electrons. The van der Waals surface area contributed by atoms with Crippen LogP contribution in [-0.4, -0.2) is 27.6 Å². The number of benzene rings is 1. The van der Waals surface area contributed by atoms with E-state index in [0.717, 1.165) is 38.9 Å². The van der Waals surface area contributed by atoms with Gasteiger partial charge in [0.1, 0.15) is 11.9 Å². The molecular formula is C25H18F5N3O3S2. The van der Waals surface area contributed by atoms with E-state index in [1.54, 1.807) is 11.3 Å². The number of hydrogen-bond acceptors (Lipinski definition) is 6. The van der Waals surface area contributed by atoms with Crippen LogP contribution in [0, 0.1) is 40.9 Å². The smallest absolute Gasteiger partial charge is 0.413 e. The average molecular weight is 568 g/mol. The molecule has 0 radical (unpaired) electrons. The number of carbonyl (C=O) groups excluding carboxylic acids is 1. The Balaban J connectivity index is 1.32. The first-order valence-corrected chi connectivity index (χ1v) is 12.9. The molecule has 1 amide bonds. The lowest BCUT2D eigenvalue weighted by atomic mass is 10.1. The number of carbonyl (C=O) groups is 1. The van der Waals surface area contributed by atoms with Crippen LogP contribution in [0.15, 0.2) is 18.3 Å². The van der Waals surface area contributed by atoms with Crippen LogP contribution in [0.3, 0.4) is 0 Å². The molecule has 1 fully saturated rings. The van der Waals surface area contributed by atoms with E-state index < -0.39 is 46.8 Å². The second-order valence-corrected chi connectivity index (χ2v) is 11.0. The number of aromatic nitrogens is 2. The molecule has 0 spiro atoms. The molecule has 3 heterocycles. The SMILES string of the molecule is CC(OC(=O)Nc1c(C#Cc2cc3sc(C4(CO)CC4)cc3s2)cnn1C)c1c(F)c(F)c(F)c(F)c1F. The lowest BCUT2D eigenvalue weighted by molar-refractivity contribution is 0.115. The van der Waals surface area contributed by atoms with Gasteiger partial charge in [-0.3, -0.25) is 10.00 Å². The van der Waals surface area contributed by atoms with Crippen molar-refractivity contribution < 1.29 is 36.6 Å². The quantitative estimate of drug-likeness (QED) is 0.132. The van der Waals surface area contributed by atoms with E-state index in [9.17, 15) is 31.9 Å². The molecule has 1 saturated carbocycles. The van der Waals surface area contributed by atoms with Gasteiger partial charge in [0.15, 0.2) is 23.3 Å². The third-order valence-electron chi connectivity index (χ3n) is 6.30. The number of fused-ring (bicyclic) bond motifs is 1. The van der Waals surface area contributed by atoms with E-state index in [0.29, 0.717) is 5.56 Å². The molecule has 2 N–H and O–H groups in total. The number of hydrogen-bond donors (Lipinski definition) is 2. The van der Waals surface area contributed by atoms with Crippen molar-refractivity contribution in [1.82, 2.24) is 9.78 Å². The lowest BCUT2D eigenvalue weighted by Crippen LogP contribution is -2.20. The topological polar surface area (TPSA) is 76.4 Å². The number of halogens is 5. The van der Waals surface area contributed by atoms with Gasteiger partial charge < -0.3 is 9.84 Å². The van der Waals surface area contributed by atoms with Crippen molar-refractivity contribution in [2.45, 2.75) is 31.3 Å². The number of aliphatic hydroxyl groups is 1. The summed E-state index contributed by atoms with van der Waals surface area (Å²) >= 11 is 3.12. The Kier molecular flexibility index (Phi) is 6.66. The molecule has 0 aliphatic heterocycles. The first-order chi connectivity index (χ1) is 18.0. The highest BCUT2D eigenvalue weighted by molar-refractivity contribution is 7.28. The minimum Gasteiger partial charge on any atom is -0.441 e. The van der Waals surface area contributed by atoms with Crippen LogP contribution in [0.25, 0.3) is 9.40 Å². The van der Waals surface area contributed by atoms with E-state index in [2.05, 4.69) is 28.3 Å². The van der Waals surface area contributed by atoms with Crippen molar-refractivity contribution in [2.24, 2.45) is 7.05 Å². The summed E-state index contributed by atoms with van der Waals surface area (Å²) in [5.41, 5.74) is -1.06. The third-order valence-corrected chi connectivity index (χ3v) is 8.75. The zero-order chi connectivity index (χ0) is 27.4. The third kappa shape index (κ3) is 4.53. The summed E-state index contributed by atoms with van der Waals surface area (Å²) in [5.74, 6) is -4.71. The van der Waals surface area contributed by atoms with Gasteiger partial charge in [0.25, 0.3) is 0 Å². The van der Waals surface area contributed by atoms with Crippen LogP contribution in [0.2, 0.25) is 0 Å². The Morgan fingerprint density at radius 1 is 1.11 bits per heavy atom. The first kappa shape index (κ1) is 26.1. The van der Waals surface area contributed by atoms with Gasteiger partial charge in [-0.2, -0.15) is 5.10 Å². The van der Waals surface area contributed by atoms with Crippen molar-refractivity contribution >= 4 is 44.0 Å². The average Bonchev–Trinajstić information content (AvgIpc) is 3.27. The van der Waals surface area contributed by atoms with E-state index in [-0.39, 0.29) is 17.8 Å². The Hall–Kier alpha value is -3.47. The Labute approximate surface area is 220 Å².